The first-order valence-corrected chi connectivity index (χ1v) is 16.3. The third kappa shape index (κ3) is 6.89. The standard InChI is InChI=1S/C35H41N5O12/c1-38-34(37)40-13-19-17(4-3-9-41)11-18-26(29(19)45)30(46)27-22(12-21(50-2)20(14-42)25(27)28(18)44)51-33-31(47)32(48)35(49,23(15-43)52-33)7-5-16-6-8-39-24(36)10-16/h6,8-12,23,31-33,42-43,45,47-49H,3-5,7,13-15H2,1-2H3,(H2,36,39)(H3,37,38,40)/t23-,31-,32-,33-,35-/m1/s1. The van der Waals surface area contributed by atoms with Gasteiger partial charge in [-0.3, -0.25) is 14.6 Å². The number of methoxy groups -OCH3 is 1. The minimum Gasteiger partial charge on any atom is -0.507 e. The molecule has 1 fully saturated rings. The first-order valence-electron chi connectivity index (χ1n) is 16.3. The summed E-state index contributed by atoms with van der Waals surface area (Å²) in [6.45, 7) is -1.71. The van der Waals surface area contributed by atoms with Crippen LogP contribution < -0.4 is 26.3 Å². The van der Waals surface area contributed by atoms with Crippen LogP contribution in [-0.2, 0) is 35.5 Å². The molecule has 0 bridgehead atoms. The van der Waals surface area contributed by atoms with E-state index in [9.17, 15) is 45.0 Å². The van der Waals surface area contributed by atoms with Crippen LogP contribution in [0, 0.1) is 0 Å². The topological polar surface area (TPSA) is 290 Å². The van der Waals surface area contributed by atoms with Crippen LogP contribution in [0.25, 0.3) is 0 Å². The summed E-state index contributed by atoms with van der Waals surface area (Å²) in [4.78, 5) is 47.6. The van der Waals surface area contributed by atoms with E-state index in [-0.39, 0.29) is 72.0 Å². The number of hydrogen-bond acceptors (Lipinski definition) is 15. The maximum Gasteiger partial charge on any atom is 0.229 e. The van der Waals surface area contributed by atoms with Crippen LogP contribution in [0.2, 0.25) is 0 Å². The Morgan fingerprint density at radius 2 is 1.85 bits per heavy atom. The van der Waals surface area contributed by atoms with Gasteiger partial charge in [0.25, 0.3) is 0 Å². The quantitative estimate of drug-likeness (QED) is 0.0454. The number of aryl methyl sites for hydroxylation is 2. The lowest BCUT2D eigenvalue weighted by molar-refractivity contribution is -0.314. The lowest BCUT2D eigenvalue weighted by Gasteiger charge is -2.48. The number of aliphatic hydroxyl groups excluding tert-OH is 4. The predicted molar refractivity (Wildman–Crippen MR) is 183 cm³/mol. The summed E-state index contributed by atoms with van der Waals surface area (Å²) in [5.41, 5.74) is 9.11. The molecule has 0 amide bonds. The third-order valence-electron chi connectivity index (χ3n) is 9.42. The largest absolute Gasteiger partial charge is 0.507 e. The van der Waals surface area contributed by atoms with Crippen molar-refractivity contribution in [2.24, 2.45) is 10.7 Å². The zero-order valence-electron chi connectivity index (χ0n) is 28.4. The van der Waals surface area contributed by atoms with Gasteiger partial charge >= 0.3 is 0 Å². The zero-order valence-corrected chi connectivity index (χ0v) is 28.4. The Kier molecular flexibility index (Phi) is 11.4. The molecule has 1 aliphatic carbocycles. The van der Waals surface area contributed by atoms with Crippen molar-refractivity contribution in [2.45, 2.75) is 69.0 Å². The molecule has 1 saturated heterocycles. The highest BCUT2D eigenvalue weighted by Crippen LogP contribution is 2.45. The molecule has 1 aliphatic heterocycles. The van der Waals surface area contributed by atoms with E-state index in [1.807, 2.05) is 0 Å². The van der Waals surface area contributed by atoms with E-state index in [2.05, 4.69) is 15.3 Å². The first-order chi connectivity index (χ1) is 24.8. The normalized spacial score (nSPS) is 22.8. The second-order valence-electron chi connectivity index (χ2n) is 12.4. The number of carbonyl (C=O) groups is 3. The SMILES string of the molecule is CN=C(N)NCc1c(CCC=O)cc2c(c1O)C(=O)c1c(O[C@@H]3O[C@H](CO)[C@](O)(CCc4ccnc(N)c4)[C@H](O)[C@H]3O)cc(OC)c(CO)c1C2=O. The smallest absolute Gasteiger partial charge is 0.229 e. The number of nitrogens with zero attached hydrogens (tertiary/aromatic N) is 2. The summed E-state index contributed by atoms with van der Waals surface area (Å²) in [5, 5.41) is 68.9. The number of nitrogen functional groups attached to an aromatic ring is 1. The van der Waals surface area contributed by atoms with Gasteiger partial charge in [0.15, 0.2) is 11.7 Å². The number of phenolic OH excluding ortho intramolecular Hbond substituents is 1. The van der Waals surface area contributed by atoms with Crippen LogP contribution >= 0.6 is 0 Å². The summed E-state index contributed by atoms with van der Waals surface area (Å²) in [6, 6.07) is 5.77. The maximum absolute atomic E-state index is 14.4. The van der Waals surface area contributed by atoms with Crippen LogP contribution in [0.15, 0.2) is 35.5 Å². The number of rotatable bonds is 13. The number of nitrogens with one attached hydrogen (secondary N) is 1. The molecule has 1 aromatic heterocycles. The van der Waals surface area contributed by atoms with E-state index >= 15 is 0 Å². The van der Waals surface area contributed by atoms with Crippen LogP contribution in [0.1, 0.15) is 66.9 Å². The second kappa shape index (κ2) is 15.6. The van der Waals surface area contributed by atoms with Crippen molar-refractivity contribution < 1.29 is 59.2 Å². The molecule has 17 heteroatoms. The van der Waals surface area contributed by atoms with Gasteiger partial charge in [0.1, 0.15) is 53.3 Å². The Labute approximate surface area is 297 Å². The maximum atomic E-state index is 14.4. The number of aliphatic hydroxyl groups is 5. The molecular weight excluding hydrogens is 682 g/mol. The number of benzene rings is 2. The van der Waals surface area contributed by atoms with E-state index in [1.54, 1.807) is 12.1 Å². The lowest BCUT2D eigenvalue weighted by atomic mass is 9.78. The molecule has 0 radical (unpaired) electrons. The van der Waals surface area contributed by atoms with Gasteiger partial charge in [-0.25, -0.2) is 4.98 Å². The zero-order chi connectivity index (χ0) is 37.9. The van der Waals surface area contributed by atoms with E-state index in [1.165, 1.54) is 32.5 Å². The van der Waals surface area contributed by atoms with Gasteiger partial charge in [-0.2, -0.15) is 0 Å². The Hall–Kier alpha value is -5.17. The second-order valence-corrected chi connectivity index (χ2v) is 12.4. The molecule has 0 unspecified atom stereocenters. The van der Waals surface area contributed by atoms with Crippen molar-refractivity contribution in [3.8, 4) is 17.2 Å². The van der Waals surface area contributed by atoms with E-state index < -0.39 is 77.6 Å². The van der Waals surface area contributed by atoms with Gasteiger partial charge < -0.3 is 66.4 Å². The molecule has 11 N–H and O–H groups in total. The molecule has 2 aliphatic rings. The van der Waals surface area contributed by atoms with Gasteiger partial charge in [0.2, 0.25) is 12.1 Å². The number of pyridine rings is 1. The number of aromatic nitrogens is 1. The first kappa shape index (κ1) is 38.1. The monoisotopic (exact) mass is 723 g/mol. The van der Waals surface area contributed by atoms with Crippen molar-refractivity contribution in [1.82, 2.24) is 10.3 Å². The number of hydrogen-bond donors (Lipinski definition) is 9. The molecule has 5 atom stereocenters. The number of aliphatic imine (C=N–C) groups is 1. The Bertz CT molecular complexity index is 1900. The number of aldehydes is 1. The molecule has 278 valence electrons. The number of carbonyl (C=O) groups excluding carboxylic acids is 3. The highest BCUT2D eigenvalue weighted by Gasteiger charge is 2.55. The minimum absolute atomic E-state index is 0.0185. The van der Waals surface area contributed by atoms with Gasteiger partial charge in [-0.05, 0) is 48.6 Å². The van der Waals surface area contributed by atoms with E-state index in [0.717, 1.165) is 0 Å². The summed E-state index contributed by atoms with van der Waals surface area (Å²) >= 11 is 0. The van der Waals surface area contributed by atoms with Crippen molar-refractivity contribution in [3.63, 3.8) is 0 Å². The molecule has 0 spiro atoms. The fraction of sp³-hybridized carbons (Fsp3) is 0.400. The van der Waals surface area contributed by atoms with Crippen LogP contribution in [0.4, 0.5) is 5.82 Å². The van der Waals surface area contributed by atoms with Crippen LogP contribution in [0.3, 0.4) is 0 Å². The van der Waals surface area contributed by atoms with Crippen LogP contribution in [0.5, 0.6) is 17.2 Å². The molecule has 0 saturated carbocycles. The number of phenols is 1. The predicted octanol–water partition coefficient (Wildman–Crippen LogP) is -1.01. The van der Waals surface area contributed by atoms with Crippen molar-refractivity contribution >= 4 is 29.6 Å². The van der Waals surface area contributed by atoms with Crippen molar-refractivity contribution in [3.05, 3.63) is 75.0 Å². The fourth-order valence-electron chi connectivity index (χ4n) is 6.63. The van der Waals surface area contributed by atoms with Crippen molar-refractivity contribution in [2.75, 3.05) is 26.5 Å². The highest BCUT2D eigenvalue weighted by atomic mass is 16.7. The molecule has 2 aromatic carbocycles. The van der Waals surface area contributed by atoms with E-state index in [0.29, 0.717) is 17.4 Å². The number of anilines is 1. The Balaban J connectivity index is 1.57. The van der Waals surface area contributed by atoms with E-state index in [4.69, 9.17) is 25.7 Å². The summed E-state index contributed by atoms with van der Waals surface area (Å²) in [6.07, 6.45) is -5.01. The lowest BCUT2D eigenvalue weighted by Crippen LogP contribution is -2.68. The average molecular weight is 724 g/mol. The molecule has 3 aromatic rings. The minimum atomic E-state index is -2.18. The third-order valence-corrected chi connectivity index (χ3v) is 9.42. The number of fused-ring (bicyclic) bond motifs is 2. The van der Waals surface area contributed by atoms with Gasteiger partial charge in [-0.15, -0.1) is 0 Å². The number of nitrogens with two attached hydrogens (primary N) is 2. The molecular formula is C35H41N5O12. The van der Waals surface area contributed by atoms with Crippen LogP contribution in [-0.4, -0.2) is 110 Å². The van der Waals surface area contributed by atoms with Gasteiger partial charge in [-0.1, -0.05) is 0 Å². The number of ether oxygens (including phenoxy) is 3. The number of ketones is 2. The number of aromatic hydroxyl groups is 1. The van der Waals surface area contributed by atoms with Crippen molar-refractivity contribution in [1.29, 1.82) is 0 Å². The summed E-state index contributed by atoms with van der Waals surface area (Å²) in [5.74, 6) is -2.51. The molecule has 2 heterocycles. The number of guanidine groups is 1. The molecule has 17 nitrogen and oxygen atoms in total. The molecule has 52 heavy (non-hydrogen) atoms. The molecule has 5 rings (SSSR count). The highest BCUT2D eigenvalue weighted by molar-refractivity contribution is 6.31. The Morgan fingerprint density at radius 1 is 1.10 bits per heavy atom. The van der Waals surface area contributed by atoms with Gasteiger partial charge in [0.05, 0.1) is 31.5 Å². The van der Waals surface area contributed by atoms with Gasteiger partial charge in [0, 0.05) is 54.5 Å². The summed E-state index contributed by atoms with van der Waals surface area (Å²) in [7, 11) is 2.68. The summed E-state index contributed by atoms with van der Waals surface area (Å²) < 4.78 is 17.2. The average Bonchev–Trinajstić information content (AvgIpc) is 3.14. The Morgan fingerprint density at radius 3 is 2.48 bits per heavy atom. The fourth-order valence-corrected chi connectivity index (χ4v) is 6.63.